The summed E-state index contributed by atoms with van der Waals surface area (Å²) in [5.74, 6) is 2.37. The molecule has 0 aromatic carbocycles. The van der Waals surface area contributed by atoms with Gasteiger partial charge in [0, 0.05) is 0 Å². The molecule has 0 radical (unpaired) electrons. The zero-order valence-corrected chi connectivity index (χ0v) is 12.8. The average Bonchev–Trinajstić information content (AvgIpc) is 3.08. The molecule has 1 aromatic rings. The average molecular weight is 274 g/mol. The molecule has 1 saturated heterocycles. The molecule has 20 heavy (non-hydrogen) atoms. The number of allylic oxidation sites excluding steroid dienone is 1. The number of rotatable bonds is 7. The second kappa shape index (κ2) is 7.44. The first-order valence-corrected chi connectivity index (χ1v) is 7.74. The Hall–Kier alpha value is -1.35. The van der Waals surface area contributed by atoms with Crippen molar-refractivity contribution in [3.63, 3.8) is 0 Å². The Bertz CT molecular complexity index is 456. The standard InChI is InChI=1S/C17H26N2O/c1-4-14(3)9-8-10-16-15(5-2)18-17(20-16)13-19-11-6-7-12-19/h5,8,10,14H,2,4,6-7,9,11-13H2,1,3H3/b10-8-. The lowest BCUT2D eigenvalue weighted by molar-refractivity contribution is 0.290. The maximum atomic E-state index is 5.87. The fraction of sp³-hybridized carbons (Fsp3) is 0.588. The zero-order valence-electron chi connectivity index (χ0n) is 12.8. The van der Waals surface area contributed by atoms with E-state index in [2.05, 4.69) is 36.4 Å². The summed E-state index contributed by atoms with van der Waals surface area (Å²) in [7, 11) is 0. The molecule has 0 saturated carbocycles. The van der Waals surface area contributed by atoms with Gasteiger partial charge >= 0.3 is 0 Å². The van der Waals surface area contributed by atoms with Crippen molar-refractivity contribution in [1.29, 1.82) is 0 Å². The quantitative estimate of drug-likeness (QED) is 0.739. The van der Waals surface area contributed by atoms with Gasteiger partial charge in [0.2, 0.25) is 5.89 Å². The Balaban J connectivity index is 2.00. The molecule has 1 aliphatic heterocycles. The molecular weight excluding hydrogens is 248 g/mol. The number of nitrogens with zero attached hydrogens (tertiary/aromatic N) is 2. The van der Waals surface area contributed by atoms with Crippen LogP contribution in [0.25, 0.3) is 12.2 Å². The maximum Gasteiger partial charge on any atom is 0.209 e. The molecule has 1 aliphatic rings. The molecule has 110 valence electrons. The van der Waals surface area contributed by atoms with Crippen LogP contribution < -0.4 is 0 Å². The van der Waals surface area contributed by atoms with Gasteiger partial charge in [-0.25, -0.2) is 4.98 Å². The van der Waals surface area contributed by atoms with Crippen molar-refractivity contribution in [2.45, 2.75) is 46.1 Å². The van der Waals surface area contributed by atoms with E-state index in [1.807, 2.05) is 6.08 Å². The lowest BCUT2D eigenvalue weighted by Crippen LogP contribution is -2.18. The van der Waals surface area contributed by atoms with Gasteiger partial charge in [-0.2, -0.15) is 0 Å². The monoisotopic (exact) mass is 274 g/mol. The third-order valence-electron chi connectivity index (χ3n) is 3.98. The molecule has 0 aliphatic carbocycles. The van der Waals surface area contributed by atoms with Crippen LogP contribution >= 0.6 is 0 Å². The predicted octanol–water partition coefficient (Wildman–Crippen LogP) is 4.36. The highest BCUT2D eigenvalue weighted by Crippen LogP contribution is 2.19. The van der Waals surface area contributed by atoms with E-state index >= 15 is 0 Å². The Kier molecular flexibility index (Phi) is 5.60. The molecular formula is C17H26N2O. The normalized spacial score (nSPS) is 17.9. The van der Waals surface area contributed by atoms with Gasteiger partial charge in [0.25, 0.3) is 0 Å². The minimum absolute atomic E-state index is 0.713. The molecule has 1 unspecified atom stereocenters. The molecule has 0 bridgehead atoms. The molecule has 1 aromatic heterocycles. The summed E-state index contributed by atoms with van der Waals surface area (Å²) < 4.78 is 5.87. The number of hydrogen-bond donors (Lipinski definition) is 0. The summed E-state index contributed by atoms with van der Waals surface area (Å²) >= 11 is 0. The van der Waals surface area contributed by atoms with Gasteiger partial charge in [-0.1, -0.05) is 32.9 Å². The van der Waals surface area contributed by atoms with Gasteiger partial charge in [-0.15, -0.1) is 0 Å². The molecule has 3 heteroatoms. The minimum Gasteiger partial charge on any atom is -0.439 e. The van der Waals surface area contributed by atoms with Gasteiger partial charge in [0.05, 0.1) is 6.54 Å². The third kappa shape index (κ3) is 4.07. The van der Waals surface area contributed by atoms with Crippen LogP contribution in [0.2, 0.25) is 0 Å². The highest BCUT2D eigenvalue weighted by atomic mass is 16.4. The van der Waals surface area contributed by atoms with Crippen molar-refractivity contribution in [3.8, 4) is 0 Å². The largest absolute Gasteiger partial charge is 0.439 e. The fourth-order valence-electron chi connectivity index (χ4n) is 2.43. The van der Waals surface area contributed by atoms with Crippen molar-refractivity contribution in [2.24, 2.45) is 5.92 Å². The third-order valence-corrected chi connectivity index (χ3v) is 3.98. The minimum atomic E-state index is 0.713. The first-order valence-electron chi connectivity index (χ1n) is 7.74. The summed E-state index contributed by atoms with van der Waals surface area (Å²) in [6.45, 7) is 11.4. The second-order valence-corrected chi connectivity index (χ2v) is 5.70. The van der Waals surface area contributed by atoms with Crippen molar-refractivity contribution in [2.75, 3.05) is 13.1 Å². The molecule has 0 N–H and O–H groups in total. The number of oxazole rings is 1. The van der Waals surface area contributed by atoms with E-state index in [1.165, 1.54) is 19.3 Å². The van der Waals surface area contributed by atoms with E-state index in [4.69, 9.17) is 4.42 Å². The summed E-state index contributed by atoms with van der Waals surface area (Å²) in [6, 6.07) is 0. The number of aromatic nitrogens is 1. The highest BCUT2D eigenvalue weighted by Gasteiger charge is 2.16. The Morgan fingerprint density at radius 2 is 2.15 bits per heavy atom. The van der Waals surface area contributed by atoms with Crippen molar-refractivity contribution >= 4 is 12.2 Å². The maximum absolute atomic E-state index is 5.87. The lowest BCUT2D eigenvalue weighted by atomic mass is 10.1. The number of hydrogen-bond acceptors (Lipinski definition) is 3. The van der Waals surface area contributed by atoms with Gasteiger partial charge in [0.1, 0.15) is 5.69 Å². The van der Waals surface area contributed by atoms with Crippen LogP contribution in [0.5, 0.6) is 0 Å². The molecule has 3 nitrogen and oxygen atoms in total. The van der Waals surface area contributed by atoms with E-state index in [0.29, 0.717) is 5.92 Å². The van der Waals surface area contributed by atoms with Crippen molar-refractivity contribution in [1.82, 2.24) is 9.88 Å². The SMILES string of the molecule is C=Cc1nc(CN2CCCC2)oc1/C=C\CC(C)CC. The van der Waals surface area contributed by atoms with Gasteiger partial charge in [-0.3, -0.25) is 4.90 Å². The van der Waals surface area contributed by atoms with Crippen LogP contribution in [0, 0.1) is 5.92 Å². The van der Waals surface area contributed by atoms with Crippen molar-refractivity contribution in [3.05, 3.63) is 30.0 Å². The molecule has 1 atom stereocenters. The molecule has 1 fully saturated rings. The zero-order chi connectivity index (χ0) is 14.4. The predicted molar refractivity (Wildman–Crippen MR) is 84.2 cm³/mol. The van der Waals surface area contributed by atoms with E-state index in [9.17, 15) is 0 Å². The topological polar surface area (TPSA) is 29.3 Å². The molecule has 0 amide bonds. The van der Waals surface area contributed by atoms with Crippen LogP contribution in [-0.2, 0) is 6.54 Å². The van der Waals surface area contributed by atoms with E-state index < -0.39 is 0 Å². The lowest BCUT2D eigenvalue weighted by Gasteiger charge is -2.10. The summed E-state index contributed by atoms with van der Waals surface area (Å²) in [5, 5.41) is 0. The highest BCUT2D eigenvalue weighted by molar-refractivity contribution is 5.57. The van der Waals surface area contributed by atoms with Crippen molar-refractivity contribution < 1.29 is 4.42 Å². The van der Waals surface area contributed by atoms with Gasteiger partial charge in [0.15, 0.2) is 5.76 Å². The first-order chi connectivity index (χ1) is 9.72. The second-order valence-electron chi connectivity index (χ2n) is 5.70. The number of likely N-dealkylation sites (tertiary alicyclic amines) is 1. The first kappa shape index (κ1) is 15.0. The molecule has 2 rings (SSSR count). The van der Waals surface area contributed by atoms with Crippen LogP contribution in [0.4, 0.5) is 0 Å². The summed E-state index contributed by atoms with van der Waals surface area (Å²) in [5.41, 5.74) is 0.861. The van der Waals surface area contributed by atoms with E-state index in [0.717, 1.165) is 43.4 Å². The van der Waals surface area contributed by atoms with E-state index in [1.54, 1.807) is 6.08 Å². The Morgan fingerprint density at radius 1 is 1.40 bits per heavy atom. The molecule has 2 heterocycles. The summed E-state index contributed by atoms with van der Waals surface area (Å²) in [6.07, 6.45) is 10.9. The van der Waals surface area contributed by atoms with E-state index in [-0.39, 0.29) is 0 Å². The summed E-state index contributed by atoms with van der Waals surface area (Å²) in [4.78, 5) is 6.93. The van der Waals surface area contributed by atoms with Crippen LogP contribution in [0.15, 0.2) is 17.1 Å². The molecule has 0 spiro atoms. The Labute approximate surface area is 122 Å². The smallest absolute Gasteiger partial charge is 0.209 e. The van der Waals surface area contributed by atoms with Crippen LogP contribution in [0.3, 0.4) is 0 Å². The van der Waals surface area contributed by atoms with Crippen LogP contribution in [-0.4, -0.2) is 23.0 Å². The Morgan fingerprint density at radius 3 is 2.80 bits per heavy atom. The van der Waals surface area contributed by atoms with Crippen LogP contribution in [0.1, 0.15) is 56.9 Å². The van der Waals surface area contributed by atoms with Gasteiger partial charge < -0.3 is 4.42 Å². The van der Waals surface area contributed by atoms with Gasteiger partial charge in [-0.05, 0) is 50.4 Å². The fourth-order valence-corrected chi connectivity index (χ4v) is 2.43.